The minimum atomic E-state index is -4.82. The number of aromatic hydroxyl groups is 1. The van der Waals surface area contributed by atoms with E-state index in [4.69, 9.17) is 15.6 Å². The highest BCUT2D eigenvalue weighted by atomic mass is 79.9. The minimum absolute atomic E-state index is 0.00190. The SMILES string of the molecule is CCOc1cc([C@@H](N)[C@@H](O)C(F)(F)F)cc(Br)c1O. The highest BCUT2D eigenvalue weighted by Gasteiger charge is 2.43. The van der Waals surface area contributed by atoms with Gasteiger partial charge in [0.15, 0.2) is 17.6 Å². The van der Waals surface area contributed by atoms with E-state index in [2.05, 4.69) is 15.9 Å². The molecule has 0 unspecified atom stereocenters. The van der Waals surface area contributed by atoms with Crippen LogP contribution in [0.2, 0.25) is 0 Å². The largest absolute Gasteiger partial charge is 0.503 e. The molecule has 0 fully saturated rings. The van der Waals surface area contributed by atoms with E-state index in [9.17, 15) is 18.3 Å². The van der Waals surface area contributed by atoms with Crippen LogP contribution >= 0.6 is 15.9 Å². The number of hydrogen-bond acceptors (Lipinski definition) is 4. The molecule has 8 heteroatoms. The molecule has 0 aliphatic heterocycles. The van der Waals surface area contributed by atoms with Crippen LogP contribution in [0.25, 0.3) is 0 Å². The lowest BCUT2D eigenvalue weighted by Gasteiger charge is -2.22. The third kappa shape index (κ3) is 3.74. The van der Waals surface area contributed by atoms with Gasteiger partial charge < -0.3 is 20.7 Å². The van der Waals surface area contributed by atoms with Crippen molar-refractivity contribution in [2.24, 2.45) is 5.73 Å². The maximum Gasteiger partial charge on any atom is 0.416 e. The van der Waals surface area contributed by atoms with Crippen LogP contribution in [0, 0.1) is 0 Å². The van der Waals surface area contributed by atoms with E-state index >= 15 is 0 Å². The number of alkyl halides is 3. The van der Waals surface area contributed by atoms with E-state index in [1.54, 1.807) is 6.92 Å². The van der Waals surface area contributed by atoms with E-state index in [-0.39, 0.29) is 28.1 Å². The summed E-state index contributed by atoms with van der Waals surface area (Å²) in [4.78, 5) is 0. The van der Waals surface area contributed by atoms with Crippen molar-refractivity contribution in [2.45, 2.75) is 25.2 Å². The number of nitrogens with two attached hydrogens (primary N) is 1. The summed E-state index contributed by atoms with van der Waals surface area (Å²) < 4.78 is 42.4. The second-order valence-corrected chi connectivity index (χ2v) is 4.65. The first-order valence-electron chi connectivity index (χ1n) is 5.34. The molecule has 1 aromatic rings. The number of phenolic OH excluding ortho intramolecular Hbond substituents is 1. The zero-order valence-electron chi connectivity index (χ0n) is 9.91. The third-order valence-electron chi connectivity index (χ3n) is 2.41. The van der Waals surface area contributed by atoms with Crippen molar-refractivity contribution in [1.29, 1.82) is 0 Å². The van der Waals surface area contributed by atoms with Gasteiger partial charge in [0.2, 0.25) is 0 Å². The van der Waals surface area contributed by atoms with Gasteiger partial charge in [-0.2, -0.15) is 13.2 Å². The molecular formula is C11H13BrF3NO3. The molecule has 0 radical (unpaired) electrons. The summed E-state index contributed by atoms with van der Waals surface area (Å²) in [7, 11) is 0. The smallest absolute Gasteiger partial charge is 0.416 e. The molecule has 0 aromatic heterocycles. The molecule has 2 atom stereocenters. The van der Waals surface area contributed by atoms with Crippen molar-refractivity contribution in [1.82, 2.24) is 0 Å². The van der Waals surface area contributed by atoms with Crippen molar-refractivity contribution >= 4 is 15.9 Å². The molecule has 0 saturated heterocycles. The standard InChI is InChI=1S/C11H13BrF3NO3/c1-2-19-7-4-5(3-6(12)9(7)17)8(16)10(18)11(13,14)15/h3-4,8,10,17-18H,2,16H2,1H3/t8-,10-/m1/s1. The van der Waals surface area contributed by atoms with Gasteiger partial charge in [0.1, 0.15) is 0 Å². The topological polar surface area (TPSA) is 75.7 Å². The number of halogens is 4. The molecular weight excluding hydrogens is 331 g/mol. The number of ether oxygens (including phenoxy) is 1. The zero-order valence-corrected chi connectivity index (χ0v) is 11.5. The molecule has 0 spiro atoms. The first kappa shape index (κ1) is 16.1. The molecule has 108 valence electrons. The predicted octanol–water partition coefficient (Wildman–Crippen LogP) is 2.48. The highest BCUT2D eigenvalue weighted by molar-refractivity contribution is 9.10. The normalized spacial score (nSPS) is 15.1. The Balaban J connectivity index is 3.14. The number of benzene rings is 1. The molecule has 4 N–H and O–H groups in total. The van der Waals surface area contributed by atoms with Crippen molar-refractivity contribution in [2.75, 3.05) is 6.61 Å². The van der Waals surface area contributed by atoms with Crippen LogP contribution in [0.5, 0.6) is 11.5 Å². The minimum Gasteiger partial charge on any atom is -0.503 e. The molecule has 0 heterocycles. The van der Waals surface area contributed by atoms with Gasteiger partial charge in [-0.25, -0.2) is 0 Å². The maximum atomic E-state index is 12.4. The van der Waals surface area contributed by atoms with Crippen LogP contribution < -0.4 is 10.5 Å². The lowest BCUT2D eigenvalue weighted by atomic mass is 10.0. The summed E-state index contributed by atoms with van der Waals surface area (Å²) in [5.41, 5.74) is 5.38. The third-order valence-corrected chi connectivity index (χ3v) is 3.02. The molecule has 0 saturated carbocycles. The monoisotopic (exact) mass is 343 g/mol. The highest BCUT2D eigenvalue weighted by Crippen LogP contribution is 2.38. The van der Waals surface area contributed by atoms with Gasteiger partial charge >= 0.3 is 6.18 Å². The molecule has 0 aliphatic carbocycles. The van der Waals surface area contributed by atoms with Crippen LogP contribution in [-0.4, -0.2) is 29.1 Å². The second kappa shape index (κ2) is 5.98. The summed E-state index contributed by atoms with van der Waals surface area (Å²) in [5, 5.41) is 18.8. The van der Waals surface area contributed by atoms with Crippen molar-refractivity contribution < 1.29 is 28.1 Å². The van der Waals surface area contributed by atoms with Crippen LogP contribution in [0.4, 0.5) is 13.2 Å². The Kier molecular flexibility index (Phi) is 5.05. The van der Waals surface area contributed by atoms with Gasteiger partial charge in [-0.1, -0.05) is 0 Å². The number of hydrogen-bond donors (Lipinski definition) is 3. The van der Waals surface area contributed by atoms with Crippen molar-refractivity contribution in [3.63, 3.8) is 0 Å². The van der Waals surface area contributed by atoms with Gasteiger partial charge in [0.25, 0.3) is 0 Å². The van der Waals surface area contributed by atoms with Crippen LogP contribution in [-0.2, 0) is 0 Å². The Morgan fingerprint density at radius 3 is 2.47 bits per heavy atom. The van der Waals surface area contributed by atoms with E-state index in [0.717, 1.165) is 0 Å². The van der Waals surface area contributed by atoms with Gasteiger partial charge in [-0.3, -0.25) is 0 Å². The molecule has 1 rings (SSSR count). The number of phenols is 1. The fourth-order valence-corrected chi connectivity index (χ4v) is 1.90. The molecule has 4 nitrogen and oxygen atoms in total. The van der Waals surface area contributed by atoms with Gasteiger partial charge in [0.05, 0.1) is 17.1 Å². The van der Waals surface area contributed by atoms with Crippen molar-refractivity contribution in [3.05, 3.63) is 22.2 Å². The van der Waals surface area contributed by atoms with Gasteiger partial charge in [-0.15, -0.1) is 0 Å². The maximum absolute atomic E-state index is 12.4. The lowest BCUT2D eigenvalue weighted by molar-refractivity contribution is -0.210. The second-order valence-electron chi connectivity index (χ2n) is 3.79. The van der Waals surface area contributed by atoms with E-state index in [1.807, 2.05) is 0 Å². The molecule has 0 amide bonds. The molecule has 0 aliphatic rings. The molecule has 1 aromatic carbocycles. The Morgan fingerprint density at radius 1 is 1.42 bits per heavy atom. The van der Waals surface area contributed by atoms with E-state index < -0.39 is 18.3 Å². The van der Waals surface area contributed by atoms with Crippen molar-refractivity contribution in [3.8, 4) is 11.5 Å². The van der Waals surface area contributed by atoms with Gasteiger partial charge in [0, 0.05) is 0 Å². The van der Waals surface area contributed by atoms with Crippen LogP contribution in [0.3, 0.4) is 0 Å². The summed E-state index contributed by atoms with van der Waals surface area (Å²) >= 11 is 2.99. The number of aliphatic hydroxyl groups excluding tert-OH is 1. The van der Waals surface area contributed by atoms with E-state index in [0.29, 0.717) is 0 Å². The quantitative estimate of drug-likeness (QED) is 0.785. The Hall–Kier alpha value is -0.990. The first-order chi connectivity index (χ1) is 8.68. The summed E-state index contributed by atoms with van der Waals surface area (Å²) in [6.07, 6.45) is -7.52. The number of aliphatic hydroxyl groups is 1. The molecule has 0 bridgehead atoms. The summed E-state index contributed by atoms with van der Waals surface area (Å²) in [6, 6.07) is 0.705. The average Bonchev–Trinajstić information content (AvgIpc) is 2.32. The Bertz CT molecular complexity index is 454. The average molecular weight is 344 g/mol. The van der Waals surface area contributed by atoms with Gasteiger partial charge in [-0.05, 0) is 40.5 Å². The lowest BCUT2D eigenvalue weighted by Crippen LogP contribution is -2.38. The fraction of sp³-hybridized carbons (Fsp3) is 0.455. The zero-order chi connectivity index (χ0) is 14.8. The predicted molar refractivity (Wildman–Crippen MR) is 66.0 cm³/mol. The van der Waals surface area contributed by atoms with E-state index in [1.165, 1.54) is 12.1 Å². The summed E-state index contributed by atoms with van der Waals surface area (Å²) in [6.45, 7) is 1.88. The number of rotatable bonds is 4. The fourth-order valence-electron chi connectivity index (χ4n) is 1.44. The Labute approximate surface area is 116 Å². The summed E-state index contributed by atoms with van der Waals surface area (Å²) in [5.74, 6) is -0.240. The first-order valence-corrected chi connectivity index (χ1v) is 6.13. The van der Waals surface area contributed by atoms with Crippen LogP contribution in [0.1, 0.15) is 18.5 Å². The van der Waals surface area contributed by atoms with Crippen LogP contribution in [0.15, 0.2) is 16.6 Å². The Morgan fingerprint density at radius 2 is 2.00 bits per heavy atom. The molecule has 19 heavy (non-hydrogen) atoms.